The van der Waals surface area contributed by atoms with E-state index in [1.807, 2.05) is 23.8 Å². The van der Waals surface area contributed by atoms with Crippen molar-refractivity contribution in [1.29, 1.82) is 0 Å². The van der Waals surface area contributed by atoms with Crippen molar-refractivity contribution in [3.63, 3.8) is 0 Å². The summed E-state index contributed by atoms with van der Waals surface area (Å²) in [5.41, 5.74) is 2.05. The highest BCUT2D eigenvalue weighted by Gasteiger charge is 2.33. The summed E-state index contributed by atoms with van der Waals surface area (Å²) in [4.78, 5) is 21.3. The topological polar surface area (TPSA) is 96.7 Å². The Hall–Kier alpha value is -3.87. The number of rotatable bonds is 13. The number of nitrogens with one attached hydrogen (secondary N) is 1. The second-order valence-electron chi connectivity index (χ2n) is 12.7. The first-order valence-electron chi connectivity index (χ1n) is 14.5. The van der Waals surface area contributed by atoms with Crippen LogP contribution in [0.15, 0.2) is 48.9 Å². The molecule has 4 aromatic rings. The van der Waals surface area contributed by atoms with E-state index in [0.717, 1.165) is 23.7 Å². The van der Waals surface area contributed by atoms with Crippen molar-refractivity contribution in [2.45, 2.75) is 45.8 Å². The van der Waals surface area contributed by atoms with Gasteiger partial charge in [0, 0.05) is 62.4 Å². The lowest BCUT2D eigenvalue weighted by Gasteiger charge is -2.38. The standard InChI is InChI=1S/C32H38F2N4O5Si/c1-32(18-42-19-32)17-37-27(39)14-21-12-24(33)30(25(34)13-21)43-26-8-9-35-31-29(26)23(22-6-7-28(40-2)36-15-22)16-38(31)20-41-10-11-44(3,4)5/h6-9,12-13,15-16H,10-11,14,17-20H2,1-5H3,(H,37,39). The molecule has 234 valence electrons. The Balaban J connectivity index is 1.42. The van der Waals surface area contributed by atoms with Crippen LogP contribution in [-0.2, 0) is 27.4 Å². The zero-order valence-corrected chi connectivity index (χ0v) is 26.7. The molecule has 5 rings (SSSR count). The lowest BCUT2D eigenvalue weighted by Crippen LogP contribution is -2.48. The molecule has 0 saturated carbocycles. The normalized spacial score (nSPS) is 14.3. The van der Waals surface area contributed by atoms with Crippen LogP contribution in [0.4, 0.5) is 8.78 Å². The van der Waals surface area contributed by atoms with E-state index in [-0.39, 0.29) is 35.8 Å². The van der Waals surface area contributed by atoms with Crippen LogP contribution in [0.2, 0.25) is 25.7 Å². The summed E-state index contributed by atoms with van der Waals surface area (Å²) in [7, 11) is 0.254. The molecule has 1 saturated heterocycles. The van der Waals surface area contributed by atoms with Crippen LogP contribution in [-0.4, -0.2) is 62.0 Å². The Labute approximate surface area is 256 Å². The predicted molar refractivity (Wildman–Crippen MR) is 166 cm³/mol. The first-order chi connectivity index (χ1) is 20.9. The van der Waals surface area contributed by atoms with Crippen LogP contribution >= 0.6 is 0 Å². The van der Waals surface area contributed by atoms with Crippen LogP contribution in [0.25, 0.3) is 22.2 Å². The Morgan fingerprint density at radius 1 is 1.14 bits per heavy atom. The largest absolute Gasteiger partial charge is 0.481 e. The zero-order valence-electron chi connectivity index (χ0n) is 25.7. The van der Waals surface area contributed by atoms with Gasteiger partial charge in [-0.3, -0.25) is 4.79 Å². The molecule has 3 aromatic heterocycles. The van der Waals surface area contributed by atoms with Crippen LogP contribution in [0.1, 0.15) is 12.5 Å². The summed E-state index contributed by atoms with van der Waals surface area (Å²) in [6.45, 7) is 11.3. The Bertz CT molecular complexity index is 1610. The van der Waals surface area contributed by atoms with Gasteiger partial charge in [-0.25, -0.2) is 18.7 Å². The third kappa shape index (κ3) is 7.43. The monoisotopic (exact) mass is 624 g/mol. The van der Waals surface area contributed by atoms with Gasteiger partial charge in [0.05, 0.1) is 32.1 Å². The molecule has 1 aromatic carbocycles. The number of carbonyl (C=O) groups excluding carboxylic acids is 1. The van der Waals surface area contributed by atoms with Crippen molar-refractivity contribution < 1.29 is 32.5 Å². The predicted octanol–water partition coefficient (Wildman–Crippen LogP) is 6.18. The van der Waals surface area contributed by atoms with E-state index in [1.165, 1.54) is 13.3 Å². The minimum atomic E-state index is -1.28. The fourth-order valence-corrected chi connectivity index (χ4v) is 5.58. The van der Waals surface area contributed by atoms with Gasteiger partial charge in [0.1, 0.15) is 18.1 Å². The van der Waals surface area contributed by atoms with Crippen LogP contribution < -0.4 is 14.8 Å². The molecule has 0 spiro atoms. The number of halogens is 2. The van der Waals surface area contributed by atoms with Gasteiger partial charge in [-0.15, -0.1) is 0 Å². The number of benzene rings is 1. The van der Waals surface area contributed by atoms with E-state index in [9.17, 15) is 4.79 Å². The molecule has 44 heavy (non-hydrogen) atoms. The molecule has 4 heterocycles. The number of ether oxygens (including phenoxy) is 4. The summed E-state index contributed by atoms with van der Waals surface area (Å²) in [6.07, 6.45) is 4.88. The Morgan fingerprint density at radius 3 is 2.50 bits per heavy atom. The molecule has 1 aliphatic rings. The maximum atomic E-state index is 15.3. The number of hydrogen-bond acceptors (Lipinski definition) is 7. The molecule has 1 aliphatic heterocycles. The number of carbonyl (C=O) groups is 1. The van der Waals surface area contributed by atoms with Gasteiger partial charge < -0.3 is 28.8 Å². The molecule has 1 N–H and O–H groups in total. The SMILES string of the molecule is COc1ccc(-c2cn(COCC[Si](C)(C)C)c3nccc(Oc4c(F)cc(CC(=O)NCC5(C)COC5)cc4F)c23)cn1. The van der Waals surface area contributed by atoms with E-state index >= 15 is 8.78 Å². The number of fused-ring (bicyclic) bond motifs is 1. The van der Waals surface area contributed by atoms with Crippen molar-refractivity contribution in [2.24, 2.45) is 5.41 Å². The molecule has 0 unspecified atom stereocenters. The zero-order chi connectivity index (χ0) is 31.5. The third-order valence-electron chi connectivity index (χ3n) is 7.45. The molecule has 1 amide bonds. The highest BCUT2D eigenvalue weighted by Crippen LogP contribution is 2.39. The summed E-state index contributed by atoms with van der Waals surface area (Å²) >= 11 is 0. The number of amides is 1. The van der Waals surface area contributed by atoms with Gasteiger partial charge in [-0.2, -0.15) is 0 Å². The second kappa shape index (κ2) is 13.0. The smallest absolute Gasteiger partial charge is 0.224 e. The van der Waals surface area contributed by atoms with E-state index < -0.39 is 25.5 Å². The Kier molecular flexibility index (Phi) is 9.33. The lowest BCUT2D eigenvalue weighted by molar-refractivity contribution is -0.126. The van der Waals surface area contributed by atoms with Crippen LogP contribution in [0, 0.1) is 17.0 Å². The molecule has 0 bridgehead atoms. The molecule has 0 atom stereocenters. The average molecular weight is 625 g/mol. The van der Waals surface area contributed by atoms with Gasteiger partial charge in [0.15, 0.2) is 17.4 Å². The minimum absolute atomic E-state index is 0.112. The fraction of sp³-hybridized carbons (Fsp3) is 0.406. The van der Waals surface area contributed by atoms with E-state index in [1.54, 1.807) is 18.3 Å². The number of nitrogens with zero attached hydrogens (tertiary/aromatic N) is 3. The van der Waals surface area contributed by atoms with Gasteiger partial charge in [0.2, 0.25) is 11.8 Å². The summed E-state index contributed by atoms with van der Waals surface area (Å²) < 4.78 is 54.8. The van der Waals surface area contributed by atoms with E-state index in [2.05, 4.69) is 34.9 Å². The van der Waals surface area contributed by atoms with Crippen LogP contribution in [0.5, 0.6) is 17.4 Å². The van der Waals surface area contributed by atoms with Crippen LogP contribution in [0.3, 0.4) is 0 Å². The molecule has 9 nitrogen and oxygen atoms in total. The summed E-state index contributed by atoms with van der Waals surface area (Å²) in [6, 6.07) is 8.38. The van der Waals surface area contributed by atoms with Gasteiger partial charge in [-0.05, 0) is 35.9 Å². The van der Waals surface area contributed by atoms with E-state index in [4.69, 9.17) is 18.9 Å². The highest BCUT2D eigenvalue weighted by molar-refractivity contribution is 6.76. The van der Waals surface area contributed by atoms with Gasteiger partial charge in [0.25, 0.3) is 0 Å². The molecule has 1 fully saturated rings. The first kappa shape index (κ1) is 31.5. The third-order valence-corrected chi connectivity index (χ3v) is 9.15. The molecule has 0 aliphatic carbocycles. The number of hydrogen-bond donors (Lipinski definition) is 1. The van der Waals surface area contributed by atoms with E-state index in [0.29, 0.717) is 48.8 Å². The quantitative estimate of drug-likeness (QED) is 0.140. The van der Waals surface area contributed by atoms with Gasteiger partial charge >= 0.3 is 0 Å². The Morgan fingerprint density at radius 2 is 1.89 bits per heavy atom. The van der Waals surface area contributed by atoms with Crippen molar-refractivity contribution in [2.75, 3.05) is 33.5 Å². The number of methoxy groups -OCH3 is 1. The van der Waals surface area contributed by atoms with Gasteiger partial charge in [-0.1, -0.05) is 26.6 Å². The minimum Gasteiger partial charge on any atom is -0.481 e. The fourth-order valence-electron chi connectivity index (χ4n) is 4.82. The first-order valence-corrected chi connectivity index (χ1v) is 18.2. The maximum Gasteiger partial charge on any atom is 0.224 e. The second-order valence-corrected chi connectivity index (χ2v) is 18.3. The van der Waals surface area contributed by atoms with Crippen molar-refractivity contribution >= 4 is 25.0 Å². The summed E-state index contributed by atoms with van der Waals surface area (Å²) in [5, 5.41) is 3.36. The lowest BCUT2D eigenvalue weighted by atomic mass is 9.89. The average Bonchev–Trinajstić information content (AvgIpc) is 3.34. The number of aromatic nitrogens is 3. The molecular weight excluding hydrogens is 586 g/mol. The molecular formula is C32H38F2N4O5Si. The van der Waals surface area contributed by atoms with Crippen molar-refractivity contribution in [3.8, 4) is 28.5 Å². The number of pyridine rings is 2. The van der Waals surface area contributed by atoms with Crippen molar-refractivity contribution in [3.05, 3.63) is 66.1 Å². The highest BCUT2D eigenvalue weighted by atomic mass is 28.3. The molecule has 0 radical (unpaired) electrons. The maximum absolute atomic E-state index is 15.3. The van der Waals surface area contributed by atoms with Crippen molar-refractivity contribution in [1.82, 2.24) is 19.9 Å². The molecule has 12 heteroatoms. The summed E-state index contributed by atoms with van der Waals surface area (Å²) in [5.74, 6) is -2.07.